The van der Waals surface area contributed by atoms with Crippen LogP contribution in [0.15, 0.2) is 40.9 Å². The normalized spacial score (nSPS) is 10.0. The first-order chi connectivity index (χ1) is 12.5. The third-order valence-corrected chi connectivity index (χ3v) is 4.32. The van der Waals surface area contributed by atoms with Gasteiger partial charge in [0.05, 0.1) is 18.7 Å². The molecule has 0 bridgehead atoms. The molecular formula is C19H23BrClN2O4-. The first kappa shape index (κ1) is 23.1. The molecule has 0 aliphatic rings. The van der Waals surface area contributed by atoms with E-state index in [2.05, 4.69) is 33.4 Å². The van der Waals surface area contributed by atoms with E-state index in [1.165, 1.54) is 5.56 Å². The number of carbonyl (C=O) groups is 1. The molecular weight excluding hydrogens is 436 g/mol. The number of amides is 1. The summed E-state index contributed by atoms with van der Waals surface area (Å²) < 4.78 is 16.6. The Labute approximate surface area is 173 Å². The molecule has 6 nitrogen and oxygen atoms in total. The second kappa shape index (κ2) is 11.7. The average molecular weight is 459 g/mol. The minimum absolute atomic E-state index is 0. The van der Waals surface area contributed by atoms with E-state index in [0.29, 0.717) is 22.5 Å². The molecule has 2 aromatic carbocycles. The fourth-order valence-corrected chi connectivity index (χ4v) is 3.02. The Morgan fingerprint density at radius 3 is 2.41 bits per heavy atom. The number of hydrogen-bond acceptors (Lipinski definition) is 5. The zero-order valence-corrected chi connectivity index (χ0v) is 17.6. The van der Waals surface area contributed by atoms with Crippen LogP contribution in [0.25, 0.3) is 0 Å². The van der Waals surface area contributed by atoms with E-state index in [1.54, 1.807) is 14.2 Å². The number of nitrogens with two attached hydrogens (primary N) is 1. The van der Waals surface area contributed by atoms with Gasteiger partial charge in [-0.2, -0.15) is 0 Å². The van der Waals surface area contributed by atoms with E-state index >= 15 is 0 Å². The lowest BCUT2D eigenvalue weighted by Gasteiger charge is -2.14. The molecule has 0 fully saturated rings. The van der Waals surface area contributed by atoms with Crippen molar-refractivity contribution in [2.24, 2.45) is 5.73 Å². The second-order valence-corrected chi connectivity index (χ2v) is 6.49. The summed E-state index contributed by atoms with van der Waals surface area (Å²) in [5, 5.41) is 3.40. The predicted octanol–water partition coefficient (Wildman–Crippen LogP) is -0.333. The van der Waals surface area contributed by atoms with Crippen LogP contribution in [0.1, 0.15) is 11.1 Å². The Bertz CT molecular complexity index is 741. The number of methoxy groups -OCH3 is 2. The molecule has 0 aromatic heterocycles. The molecule has 3 N–H and O–H groups in total. The van der Waals surface area contributed by atoms with Crippen molar-refractivity contribution in [3.05, 3.63) is 52.0 Å². The summed E-state index contributed by atoms with van der Waals surface area (Å²) in [6.07, 6.45) is 0.919. The van der Waals surface area contributed by atoms with E-state index in [-0.39, 0.29) is 19.0 Å². The Morgan fingerprint density at radius 1 is 1.11 bits per heavy atom. The molecule has 2 rings (SSSR count). The molecule has 8 heteroatoms. The minimum atomic E-state index is -0.539. The molecule has 0 aliphatic carbocycles. The molecule has 1 amide bonds. The number of ether oxygens (including phenoxy) is 3. The molecule has 0 saturated heterocycles. The van der Waals surface area contributed by atoms with Crippen LogP contribution in [0, 0.1) is 0 Å². The smallest absolute Gasteiger partial charge is 0.255 e. The molecule has 2 aromatic rings. The van der Waals surface area contributed by atoms with E-state index in [0.717, 1.165) is 24.3 Å². The Kier molecular flexibility index (Phi) is 9.99. The second-order valence-electron chi connectivity index (χ2n) is 5.64. The van der Waals surface area contributed by atoms with Gasteiger partial charge in [-0.15, -0.1) is 0 Å². The van der Waals surface area contributed by atoms with Crippen molar-refractivity contribution in [2.45, 2.75) is 13.0 Å². The Hall–Kier alpha value is -1.96. The van der Waals surface area contributed by atoms with Gasteiger partial charge in [-0.05, 0) is 64.3 Å². The summed E-state index contributed by atoms with van der Waals surface area (Å²) in [6, 6.07) is 11.8. The van der Waals surface area contributed by atoms with Crippen LogP contribution in [-0.2, 0) is 17.8 Å². The lowest BCUT2D eigenvalue weighted by atomic mass is 10.1. The fourth-order valence-electron chi connectivity index (χ4n) is 2.42. The molecule has 0 unspecified atom stereocenters. The van der Waals surface area contributed by atoms with Crippen LogP contribution in [0.3, 0.4) is 0 Å². The maximum atomic E-state index is 10.9. The van der Waals surface area contributed by atoms with Gasteiger partial charge in [-0.25, -0.2) is 0 Å². The fraction of sp³-hybridized carbons (Fsp3) is 0.316. The standard InChI is InChI=1S/C19H23BrN2O4.ClH/c1-24-15-5-3-13(4-6-15)7-8-22-11-14-9-16(20)19(17(10-14)25-2)26-12-18(21)23;/h3-6,9-10,22H,7-8,11-12H2,1-2H3,(H2,21,23);1H/p-1. The van der Waals surface area contributed by atoms with E-state index in [4.69, 9.17) is 19.9 Å². The summed E-state index contributed by atoms with van der Waals surface area (Å²) in [5.41, 5.74) is 7.40. The van der Waals surface area contributed by atoms with Crippen molar-refractivity contribution in [1.29, 1.82) is 0 Å². The molecule has 148 valence electrons. The van der Waals surface area contributed by atoms with Crippen LogP contribution in [0.2, 0.25) is 0 Å². The summed E-state index contributed by atoms with van der Waals surface area (Å²) >= 11 is 3.45. The highest BCUT2D eigenvalue weighted by atomic mass is 79.9. The van der Waals surface area contributed by atoms with Crippen LogP contribution in [0.4, 0.5) is 0 Å². The van der Waals surface area contributed by atoms with Crippen molar-refractivity contribution in [3.63, 3.8) is 0 Å². The van der Waals surface area contributed by atoms with E-state index in [9.17, 15) is 4.79 Å². The molecule has 27 heavy (non-hydrogen) atoms. The summed E-state index contributed by atoms with van der Waals surface area (Å²) in [6.45, 7) is 1.32. The third-order valence-electron chi connectivity index (χ3n) is 3.73. The van der Waals surface area contributed by atoms with E-state index < -0.39 is 5.91 Å². The summed E-state index contributed by atoms with van der Waals surface area (Å²) in [4.78, 5) is 10.9. The number of benzene rings is 2. The summed E-state index contributed by atoms with van der Waals surface area (Å²) in [7, 11) is 3.22. The first-order valence-electron chi connectivity index (χ1n) is 8.14. The Morgan fingerprint density at radius 2 is 1.81 bits per heavy atom. The molecule has 0 heterocycles. The van der Waals surface area contributed by atoms with E-state index in [1.807, 2.05) is 24.3 Å². The molecule has 0 saturated carbocycles. The summed E-state index contributed by atoms with van der Waals surface area (Å²) in [5.74, 6) is 1.33. The highest BCUT2D eigenvalue weighted by Crippen LogP contribution is 2.36. The number of rotatable bonds is 10. The van der Waals surface area contributed by atoms with Crippen LogP contribution < -0.4 is 37.7 Å². The maximum absolute atomic E-state index is 10.9. The van der Waals surface area contributed by atoms with Crippen LogP contribution in [-0.4, -0.2) is 33.3 Å². The van der Waals surface area contributed by atoms with Crippen molar-refractivity contribution in [1.82, 2.24) is 5.32 Å². The van der Waals surface area contributed by atoms with Crippen molar-refractivity contribution in [3.8, 4) is 17.2 Å². The topological polar surface area (TPSA) is 82.8 Å². The van der Waals surface area contributed by atoms with Crippen molar-refractivity contribution >= 4 is 21.8 Å². The van der Waals surface area contributed by atoms with Gasteiger partial charge < -0.3 is 37.7 Å². The maximum Gasteiger partial charge on any atom is 0.255 e. The van der Waals surface area contributed by atoms with Gasteiger partial charge in [0.15, 0.2) is 18.1 Å². The SMILES string of the molecule is COc1ccc(CCNCc2cc(Br)c(OCC(N)=O)c(OC)c2)cc1.[Cl-]. The third kappa shape index (κ3) is 7.28. The lowest BCUT2D eigenvalue weighted by molar-refractivity contribution is -0.119. The molecule has 0 radical (unpaired) electrons. The van der Waals surface area contributed by atoms with Crippen LogP contribution >= 0.6 is 15.9 Å². The van der Waals surface area contributed by atoms with Gasteiger partial charge in [0.2, 0.25) is 0 Å². The van der Waals surface area contributed by atoms with Crippen LogP contribution in [0.5, 0.6) is 17.2 Å². The number of halogens is 2. The largest absolute Gasteiger partial charge is 1.00 e. The first-order valence-corrected chi connectivity index (χ1v) is 8.94. The minimum Gasteiger partial charge on any atom is -1.00 e. The van der Waals surface area contributed by atoms with Gasteiger partial charge in [-0.3, -0.25) is 4.79 Å². The van der Waals surface area contributed by atoms with Gasteiger partial charge in [0.25, 0.3) is 5.91 Å². The van der Waals surface area contributed by atoms with Gasteiger partial charge >= 0.3 is 0 Å². The molecule has 0 spiro atoms. The Balaban J connectivity index is 0.00000364. The number of hydrogen-bond donors (Lipinski definition) is 2. The quantitative estimate of drug-likeness (QED) is 0.476. The van der Waals surface area contributed by atoms with Gasteiger partial charge in [0, 0.05) is 6.54 Å². The zero-order valence-electron chi connectivity index (χ0n) is 15.3. The van der Waals surface area contributed by atoms with Crippen molar-refractivity contribution in [2.75, 3.05) is 27.4 Å². The lowest BCUT2D eigenvalue weighted by Crippen LogP contribution is -3.00. The highest BCUT2D eigenvalue weighted by Gasteiger charge is 2.12. The zero-order chi connectivity index (χ0) is 18.9. The molecule has 0 atom stereocenters. The van der Waals surface area contributed by atoms with Crippen molar-refractivity contribution < 1.29 is 31.4 Å². The average Bonchev–Trinajstić information content (AvgIpc) is 2.64. The number of carbonyl (C=O) groups excluding carboxylic acids is 1. The molecule has 0 aliphatic heterocycles. The highest BCUT2D eigenvalue weighted by molar-refractivity contribution is 9.10. The predicted molar refractivity (Wildman–Crippen MR) is 104 cm³/mol. The van der Waals surface area contributed by atoms with Gasteiger partial charge in [-0.1, -0.05) is 12.1 Å². The number of nitrogens with one attached hydrogen (secondary N) is 1. The van der Waals surface area contributed by atoms with Gasteiger partial charge in [0.1, 0.15) is 5.75 Å². The number of primary amides is 1. The monoisotopic (exact) mass is 457 g/mol.